The number of hydrogen-bond acceptors (Lipinski definition) is 6. The number of benzene rings is 1. The molecule has 0 unspecified atom stereocenters. The lowest BCUT2D eigenvalue weighted by Crippen LogP contribution is -2.37. The third-order valence-corrected chi connectivity index (χ3v) is 6.26. The fraction of sp³-hybridized carbons (Fsp3) is 0.318. The van der Waals surface area contributed by atoms with Crippen molar-refractivity contribution in [1.29, 1.82) is 0 Å². The van der Waals surface area contributed by atoms with Crippen LogP contribution in [0.15, 0.2) is 44.9 Å². The van der Waals surface area contributed by atoms with E-state index in [0.29, 0.717) is 33.6 Å². The summed E-state index contributed by atoms with van der Waals surface area (Å²) in [5, 5.41) is 3.11. The molecule has 0 fully saturated rings. The van der Waals surface area contributed by atoms with Crippen LogP contribution in [-0.2, 0) is 25.3 Å². The second-order valence-corrected chi connectivity index (χ2v) is 8.38. The topological polar surface area (TPSA) is 129 Å². The minimum absolute atomic E-state index is 0.0573. The van der Waals surface area contributed by atoms with Crippen molar-refractivity contribution < 1.29 is 9.59 Å². The van der Waals surface area contributed by atoms with Crippen molar-refractivity contribution in [2.45, 2.75) is 31.1 Å². The Morgan fingerprint density at radius 3 is 2.44 bits per heavy atom. The summed E-state index contributed by atoms with van der Waals surface area (Å²) in [7, 11) is 3.00. The van der Waals surface area contributed by atoms with Crippen LogP contribution in [0.25, 0.3) is 11.0 Å². The number of nitrogens with zero attached hydrogens (tertiary/aromatic N) is 3. The summed E-state index contributed by atoms with van der Waals surface area (Å²) >= 11 is 1.24. The number of unbranched alkanes of at least 4 members (excludes halogenated alkanes) is 1. The zero-order valence-corrected chi connectivity index (χ0v) is 19.0. The molecule has 0 radical (unpaired) electrons. The molecule has 32 heavy (non-hydrogen) atoms. The minimum Gasteiger partial charge on any atom is -0.366 e. The van der Waals surface area contributed by atoms with E-state index in [1.165, 1.54) is 35.5 Å². The molecule has 10 heteroatoms. The molecule has 0 saturated carbocycles. The van der Waals surface area contributed by atoms with Gasteiger partial charge in [0.1, 0.15) is 5.65 Å². The fourth-order valence-electron chi connectivity index (χ4n) is 3.30. The highest BCUT2D eigenvalue weighted by Crippen LogP contribution is 2.29. The van der Waals surface area contributed by atoms with Crippen LogP contribution in [-0.4, -0.2) is 31.7 Å². The maximum atomic E-state index is 12.9. The molecule has 0 spiro atoms. The lowest BCUT2D eigenvalue weighted by molar-refractivity contribution is -0.113. The molecule has 2 heterocycles. The Morgan fingerprint density at radius 2 is 1.81 bits per heavy atom. The molecule has 3 N–H and O–H groups in total. The highest BCUT2D eigenvalue weighted by atomic mass is 32.2. The predicted octanol–water partition coefficient (Wildman–Crippen LogP) is 1.80. The largest absolute Gasteiger partial charge is 0.366 e. The van der Waals surface area contributed by atoms with Crippen LogP contribution < -0.4 is 22.3 Å². The molecular formula is C22H25N5O4S. The van der Waals surface area contributed by atoms with Crippen LogP contribution in [0.3, 0.4) is 0 Å². The standard InChI is InChI=1S/C22H25N5O4S/c1-4-5-6-14-11-24-20-17(21(30)27(3)22(31)26(20)2)18(14)32-12-16(28)25-15-9-7-13(8-10-15)19(23)29/h7-11H,4-6,12H2,1-3H3,(H2,23,29)(H,25,28). The Balaban J connectivity index is 1.92. The van der Waals surface area contributed by atoms with Gasteiger partial charge in [-0.25, -0.2) is 9.78 Å². The Labute approximate surface area is 188 Å². The second-order valence-electron chi connectivity index (χ2n) is 7.40. The molecule has 0 bridgehead atoms. The number of hydrogen-bond donors (Lipinski definition) is 2. The molecule has 168 valence electrons. The van der Waals surface area contributed by atoms with Crippen LogP contribution in [0.5, 0.6) is 0 Å². The molecule has 3 aromatic rings. The number of thioether (sulfide) groups is 1. The number of carbonyl (C=O) groups excluding carboxylic acids is 2. The number of fused-ring (bicyclic) bond motifs is 1. The number of nitrogens with one attached hydrogen (secondary N) is 1. The molecule has 2 aromatic heterocycles. The second kappa shape index (κ2) is 9.82. The van der Waals surface area contributed by atoms with Crippen molar-refractivity contribution in [3.05, 3.63) is 62.4 Å². The number of nitrogens with two attached hydrogens (primary N) is 1. The average Bonchev–Trinajstić information content (AvgIpc) is 2.78. The van der Waals surface area contributed by atoms with Crippen molar-refractivity contribution in [2.24, 2.45) is 19.8 Å². The van der Waals surface area contributed by atoms with Gasteiger partial charge in [0.05, 0.1) is 11.1 Å². The molecule has 0 atom stereocenters. The van der Waals surface area contributed by atoms with Crippen LogP contribution in [0.1, 0.15) is 35.7 Å². The van der Waals surface area contributed by atoms with Gasteiger partial charge < -0.3 is 11.1 Å². The zero-order valence-electron chi connectivity index (χ0n) is 18.2. The molecule has 1 aromatic carbocycles. The average molecular weight is 456 g/mol. The van der Waals surface area contributed by atoms with Crippen molar-refractivity contribution in [3.8, 4) is 0 Å². The Bertz CT molecular complexity index is 1290. The normalized spacial score (nSPS) is 11.0. The van der Waals surface area contributed by atoms with Crippen LogP contribution in [0.2, 0.25) is 0 Å². The summed E-state index contributed by atoms with van der Waals surface area (Å²) in [4.78, 5) is 54.0. The van der Waals surface area contributed by atoms with Crippen molar-refractivity contribution in [2.75, 3.05) is 11.1 Å². The summed E-state index contributed by atoms with van der Waals surface area (Å²) in [6.45, 7) is 2.07. The van der Waals surface area contributed by atoms with E-state index in [2.05, 4.69) is 17.2 Å². The maximum absolute atomic E-state index is 12.9. The summed E-state index contributed by atoms with van der Waals surface area (Å²) in [6, 6.07) is 6.27. The SMILES string of the molecule is CCCCc1cnc2c(c1SCC(=O)Nc1ccc(C(N)=O)cc1)c(=O)n(C)c(=O)n2C. The van der Waals surface area contributed by atoms with Crippen molar-refractivity contribution in [3.63, 3.8) is 0 Å². The van der Waals surface area contributed by atoms with Gasteiger partial charge in [-0.3, -0.25) is 23.5 Å². The molecule has 9 nitrogen and oxygen atoms in total. The summed E-state index contributed by atoms with van der Waals surface area (Å²) < 4.78 is 2.39. The highest BCUT2D eigenvalue weighted by molar-refractivity contribution is 8.00. The Hall–Kier alpha value is -3.40. The number of carbonyl (C=O) groups is 2. The summed E-state index contributed by atoms with van der Waals surface area (Å²) in [6.07, 6.45) is 4.27. The van der Waals surface area contributed by atoms with E-state index in [4.69, 9.17) is 5.73 Å². The van der Waals surface area contributed by atoms with Gasteiger partial charge in [0.25, 0.3) is 5.56 Å². The lowest BCUT2D eigenvalue weighted by Gasteiger charge is -2.14. The Morgan fingerprint density at radius 1 is 1.12 bits per heavy atom. The van der Waals surface area contributed by atoms with E-state index in [1.54, 1.807) is 25.4 Å². The first kappa shape index (κ1) is 23.3. The molecule has 0 saturated heterocycles. The van der Waals surface area contributed by atoms with Crippen molar-refractivity contribution in [1.82, 2.24) is 14.1 Å². The monoisotopic (exact) mass is 455 g/mol. The molecule has 0 aliphatic heterocycles. The van der Waals surface area contributed by atoms with Crippen LogP contribution in [0.4, 0.5) is 5.69 Å². The van der Waals surface area contributed by atoms with Gasteiger partial charge in [0.2, 0.25) is 11.8 Å². The van der Waals surface area contributed by atoms with E-state index in [0.717, 1.165) is 23.0 Å². The summed E-state index contributed by atoms with van der Waals surface area (Å²) in [5.74, 6) is -0.754. The number of aryl methyl sites for hydroxylation is 2. The first-order valence-corrected chi connectivity index (χ1v) is 11.1. The molecule has 3 rings (SSSR count). The third-order valence-electron chi connectivity index (χ3n) is 5.10. The first-order chi connectivity index (χ1) is 15.2. The minimum atomic E-state index is -0.543. The molecule has 0 aliphatic carbocycles. The number of primary amides is 1. The number of amides is 2. The maximum Gasteiger partial charge on any atom is 0.332 e. The number of rotatable bonds is 8. The van der Waals surface area contributed by atoms with E-state index in [-0.39, 0.29) is 11.7 Å². The van der Waals surface area contributed by atoms with Gasteiger partial charge in [-0.1, -0.05) is 13.3 Å². The molecule has 0 aliphatic rings. The van der Waals surface area contributed by atoms with Gasteiger partial charge >= 0.3 is 5.69 Å². The van der Waals surface area contributed by atoms with E-state index < -0.39 is 17.2 Å². The summed E-state index contributed by atoms with van der Waals surface area (Å²) in [5.41, 5.74) is 6.40. The van der Waals surface area contributed by atoms with E-state index in [9.17, 15) is 19.2 Å². The van der Waals surface area contributed by atoms with Gasteiger partial charge in [-0.15, -0.1) is 11.8 Å². The zero-order chi connectivity index (χ0) is 23.4. The predicted molar refractivity (Wildman–Crippen MR) is 125 cm³/mol. The quantitative estimate of drug-likeness (QED) is 0.498. The fourth-order valence-corrected chi connectivity index (χ4v) is 4.32. The van der Waals surface area contributed by atoms with Crippen molar-refractivity contribution >= 4 is 40.3 Å². The molecule has 2 amide bonds. The van der Waals surface area contributed by atoms with Crippen LogP contribution in [0, 0.1) is 0 Å². The number of anilines is 1. The third kappa shape index (κ3) is 4.75. The highest BCUT2D eigenvalue weighted by Gasteiger charge is 2.18. The first-order valence-electron chi connectivity index (χ1n) is 10.1. The number of pyridine rings is 1. The smallest absolute Gasteiger partial charge is 0.332 e. The van der Waals surface area contributed by atoms with Gasteiger partial charge in [-0.05, 0) is 42.7 Å². The van der Waals surface area contributed by atoms with E-state index >= 15 is 0 Å². The Kier molecular flexibility index (Phi) is 7.14. The van der Waals surface area contributed by atoms with Gasteiger partial charge in [-0.2, -0.15) is 0 Å². The lowest BCUT2D eigenvalue weighted by atomic mass is 10.1. The van der Waals surface area contributed by atoms with E-state index in [1.807, 2.05) is 0 Å². The number of aromatic nitrogens is 3. The van der Waals surface area contributed by atoms with Crippen LogP contribution >= 0.6 is 11.8 Å². The van der Waals surface area contributed by atoms with Gasteiger partial charge in [0, 0.05) is 36.4 Å². The van der Waals surface area contributed by atoms with Gasteiger partial charge in [0.15, 0.2) is 0 Å². The molecular weight excluding hydrogens is 430 g/mol.